The highest BCUT2D eigenvalue weighted by Crippen LogP contribution is 2.12. The van der Waals surface area contributed by atoms with E-state index in [1.54, 1.807) is 11.3 Å². The number of rotatable bonds is 5. The molecular weight excluding hydrogens is 226 g/mol. The van der Waals surface area contributed by atoms with Gasteiger partial charge < -0.3 is 5.73 Å². The largest absolute Gasteiger partial charge is 0.327 e. The molecule has 0 aliphatic heterocycles. The van der Waals surface area contributed by atoms with Crippen molar-refractivity contribution in [3.63, 3.8) is 0 Å². The van der Waals surface area contributed by atoms with Crippen LogP contribution in [-0.4, -0.2) is 6.04 Å². The predicted molar refractivity (Wildman–Crippen MR) is 75.5 cm³/mol. The fourth-order valence-electron chi connectivity index (χ4n) is 1.92. The maximum absolute atomic E-state index is 6.15. The van der Waals surface area contributed by atoms with E-state index in [1.807, 2.05) is 0 Å². The molecule has 0 saturated carbocycles. The van der Waals surface area contributed by atoms with Gasteiger partial charge in [0.05, 0.1) is 0 Å². The molecule has 0 spiro atoms. The van der Waals surface area contributed by atoms with Gasteiger partial charge in [0.1, 0.15) is 0 Å². The van der Waals surface area contributed by atoms with Gasteiger partial charge in [-0.15, -0.1) is 0 Å². The lowest BCUT2D eigenvalue weighted by atomic mass is 10.0. The Kier molecular flexibility index (Phi) is 4.35. The molecule has 2 heteroatoms. The molecule has 1 aromatic heterocycles. The average Bonchev–Trinajstić information content (AvgIpc) is 2.81. The van der Waals surface area contributed by atoms with Crippen molar-refractivity contribution in [2.45, 2.75) is 32.2 Å². The lowest BCUT2D eigenvalue weighted by Gasteiger charge is -2.10. The summed E-state index contributed by atoms with van der Waals surface area (Å²) in [5.74, 6) is 0. The molecule has 0 amide bonds. The monoisotopic (exact) mass is 245 g/mol. The Morgan fingerprint density at radius 3 is 2.53 bits per heavy atom. The van der Waals surface area contributed by atoms with E-state index in [1.165, 1.54) is 16.7 Å². The van der Waals surface area contributed by atoms with Crippen molar-refractivity contribution in [3.05, 3.63) is 57.8 Å². The third-order valence-electron chi connectivity index (χ3n) is 3.00. The standard InChI is InChI=1S/C15H19NS/c1-12-2-4-13(5-3-12)6-7-15(16)10-14-8-9-17-11-14/h2-5,8-9,11,15H,6-7,10,16H2,1H3. The van der Waals surface area contributed by atoms with Crippen LogP contribution in [0.4, 0.5) is 0 Å². The normalized spacial score (nSPS) is 12.6. The first kappa shape index (κ1) is 12.3. The molecule has 1 unspecified atom stereocenters. The maximum atomic E-state index is 6.15. The van der Waals surface area contributed by atoms with E-state index in [2.05, 4.69) is 48.0 Å². The first-order valence-corrected chi connectivity index (χ1v) is 7.00. The molecule has 0 aliphatic carbocycles. The highest BCUT2D eigenvalue weighted by Gasteiger charge is 2.05. The van der Waals surface area contributed by atoms with Crippen LogP contribution in [0, 0.1) is 6.92 Å². The van der Waals surface area contributed by atoms with Gasteiger partial charge in [-0.25, -0.2) is 0 Å². The summed E-state index contributed by atoms with van der Waals surface area (Å²) in [6, 6.07) is 11.2. The highest BCUT2D eigenvalue weighted by atomic mass is 32.1. The SMILES string of the molecule is Cc1ccc(CCC(N)Cc2ccsc2)cc1. The maximum Gasteiger partial charge on any atom is 0.00827 e. The minimum Gasteiger partial charge on any atom is -0.327 e. The van der Waals surface area contributed by atoms with Gasteiger partial charge >= 0.3 is 0 Å². The summed E-state index contributed by atoms with van der Waals surface area (Å²) in [4.78, 5) is 0. The number of aryl methyl sites for hydroxylation is 2. The van der Waals surface area contributed by atoms with Crippen molar-refractivity contribution in [1.82, 2.24) is 0 Å². The van der Waals surface area contributed by atoms with Gasteiger partial charge in [0, 0.05) is 6.04 Å². The molecule has 2 aromatic rings. The number of thiophene rings is 1. The highest BCUT2D eigenvalue weighted by molar-refractivity contribution is 7.07. The smallest absolute Gasteiger partial charge is 0.00827 e. The van der Waals surface area contributed by atoms with E-state index in [9.17, 15) is 0 Å². The van der Waals surface area contributed by atoms with Crippen LogP contribution in [-0.2, 0) is 12.8 Å². The van der Waals surface area contributed by atoms with Crippen LogP contribution >= 0.6 is 11.3 Å². The number of hydrogen-bond acceptors (Lipinski definition) is 2. The summed E-state index contributed by atoms with van der Waals surface area (Å²) in [7, 11) is 0. The number of benzene rings is 1. The summed E-state index contributed by atoms with van der Waals surface area (Å²) in [5.41, 5.74) is 10.2. The van der Waals surface area contributed by atoms with Crippen LogP contribution in [0.1, 0.15) is 23.1 Å². The van der Waals surface area contributed by atoms with Crippen LogP contribution < -0.4 is 5.73 Å². The number of nitrogens with two attached hydrogens (primary N) is 1. The van der Waals surface area contributed by atoms with Crippen molar-refractivity contribution in [2.24, 2.45) is 5.73 Å². The Balaban J connectivity index is 1.79. The van der Waals surface area contributed by atoms with Crippen LogP contribution in [0.2, 0.25) is 0 Å². The average molecular weight is 245 g/mol. The van der Waals surface area contributed by atoms with Crippen molar-refractivity contribution >= 4 is 11.3 Å². The molecular formula is C15H19NS. The Morgan fingerprint density at radius 1 is 1.12 bits per heavy atom. The zero-order valence-electron chi connectivity index (χ0n) is 10.2. The Hall–Kier alpha value is -1.12. The Morgan fingerprint density at radius 2 is 1.88 bits per heavy atom. The zero-order chi connectivity index (χ0) is 12.1. The van der Waals surface area contributed by atoms with E-state index in [4.69, 9.17) is 5.73 Å². The van der Waals surface area contributed by atoms with Crippen LogP contribution in [0.5, 0.6) is 0 Å². The fraction of sp³-hybridized carbons (Fsp3) is 0.333. The van der Waals surface area contributed by atoms with Gasteiger partial charge in [-0.05, 0) is 54.1 Å². The molecule has 0 bridgehead atoms. The lowest BCUT2D eigenvalue weighted by Crippen LogP contribution is -2.23. The quantitative estimate of drug-likeness (QED) is 0.856. The Labute approximate surface area is 107 Å². The molecule has 90 valence electrons. The van der Waals surface area contributed by atoms with Gasteiger partial charge in [-0.1, -0.05) is 29.8 Å². The summed E-state index contributed by atoms with van der Waals surface area (Å²) >= 11 is 1.74. The van der Waals surface area contributed by atoms with E-state index < -0.39 is 0 Å². The van der Waals surface area contributed by atoms with Gasteiger partial charge in [0.2, 0.25) is 0 Å². The molecule has 0 fully saturated rings. The van der Waals surface area contributed by atoms with Crippen LogP contribution in [0.3, 0.4) is 0 Å². The van der Waals surface area contributed by atoms with Crippen molar-refractivity contribution in [2.75, 3.05) is 0 Å². The third kappa shape index (κ3) is 3.99. The number of hydrogen-bond donors (Lipinski definition) is 1. The fourth-order valence-corrected chi connectivity index (χ4v) is 2.60. The topological polar surface area (TPSA) is 26.0 Å². The van der Waals surface area contributed by atoms with Crippen LogP contribution in [0.15, 0.2) is 41.1 Å². The van der Waals surface area contributed by atoms with Gasteiger partial charge in [0.15, 0.2) is 0 Å². The minimum atomic E-state index is 0.269. The second kappa shape index (κ2) is 5.99. The van der Waals surface area contributed by atoms with Crippen molar-refractivity contribution in [3.8, 4) is 0 Å². The second-order valence-electron chi connectivity index (χ2n) is 4.62. The van der Waals surface area contributed by atoms with E-state index in [0.29, 0.717) is 0 Å². The van der Waals surface area contributed by atoms with E-state index in [0.717, 1.165) is 19.3 Å². The second-order valence-corrected chi connectivity index (χ2v) is 5.40. The molecule has 1 aromatic carbocycles. The summed E-state index contributed by atoms with van der Waals surface area (Å²) in [6.45, 7) is 2.12. The lowest BCUT2D eigenvalue weighted by molar-refractivity contribution is 0.611. The molecule has 0 aliphatic rings. The van der Waals surface area contributed by atoms with Gasteiger partial charge in [0.25, 0.3) is 0 Å². The molecule has 2 rings (SSSR count). The third-order valence-corrected chi connectivity index (χ3v) is 3.73. The summed E-state index contributed by atoms with van der Waals surface area (Å²) in [6.07, 6.45) is 3.12. The molecule has 0 radical (unpaired) electrons. The molecule has 2 N–H and O–H groups in total. The molecule has 17 heavy (non-hydrogen) atoms. The van der Waals surface area contributed by atoms with Gasteiger partial charge in [-0.3, -0.25) is 0 Å². The van der Waals surface area contributed by atoms with Crippen molar-refractivity contribution < 1.29 is 0 Å². The first-order chi connectivity index (χ1) is 8.24. The molecule has 1 atom stereocenters. The molecule has 1 heterocycles. The minimum absolute atomic E-state index is 0.269. The van der Waals surface area contributed by atoms with Gasteiger partial charge in [-0.2, -0.15) is 11.3 Å². The molecule has 1 nitrogen and oxygen atoms in total. The van der Waals surface area contributed by atoms with E-state index in [-0.39, 0.29) is 6.04 Å². The van der Waals surface area contributed by atoms with Crippen molar-refractivity contribution in [1.29, 1.82) is 0 Å². The van der Waals surface area contributed by atoms with Crippen LogP contribution in [0.25, 0.3) is 0 Å². The zero-order valence-corrected chi connectivity index (χ0v) is 11.0. The summed E-state index contributed by atoms with van der Waals surface area (Å²) < 4.78 is 0. The predicted octanol–water partition coefficient (Wildman–Crippen LogP) is 3.56. The first-order valence-electron chi connectivity index (χ1n) is 6.06. The van der Waals surface area contributed by atoms with E-state index >= 15 is 0 Å². The molecule has 0 saturated heterocycles. The summed E-state index contributed by atoms with van der Waals surface area (Å²) in [5, 5.41) is 4.30. The Bertz CT molecular complexity index is 430.